The molecule has 2 aromatic rings. The minimum atomic E-state index is -4.63. The smallest absolute Gasteiger partial charge is 0.375 e. The Morgan fingerprint density at radius 1 is 0.900 bits per heavy atom. The quantitative estimate of drug-likeness (QED) is 0.710. The van der Waals surface area contributed by atoms with E-state index >= 15 is 0 Å². The molecular weight excluding hydrogens is 402 g/mol. The first-order chi connectivity index (χ1) is 14.1. The number of rotatable bonds is 3. The molecule has 5 nitrogen and oxygen atoms in total. The highest BCUT2D eigenvalue weighted by atomic mass is 19.4. The molecule has 0 aromatic heterocycles. The van der Waals surface area contributed by atoms with Gasteiger partial charge in [-0.3, -0.25) is 9.59 Å². The van der Waals surface area contributed by atoms with Crippen LogP contribution >= 0.6 is 0 Å². The molecular formula is C21H21F4N3O2. The fourth-order valence-corrected chi connectivity index (χ4v) is 3.38. The molecule has 2 amide bonds. The fraction of sp³-hybridized carbons (Fsp3) is 0.333. The molecule has 160 valence electrons. The predicted octanol–water partition coefficient (Wildman–Crippen LogP) is 3.51. The van der Waals surface area contributed by atoms with E-state index in [1.807, 2.05) is 0 Å². The van der Waals surface area contributed by atoms with E-state index in [4.69, 9.17) is 0 Å². The van der Waals surface area contributed by atoms with Gasteiger partial charge in [0.25, 0.3) is 11.8 Å². The molecule has 0 N–H and O–H groups in total. The third-order valence-electron chi connectivity index (χ3n) is 4.99. The third kappa shape index (κ3) is 4.39. The lowest BCUT2D eigenvalue weighted by Crippen LogP contribution is -2.50. The van der Waals surface area contributed by atoms with Gasteiger partial charge in [0.05, 0.1) is 16.8 Å². The number of hydrogen-bond acceptors (Lipinski definition) is 3. The van der Waals surface area contributed by atoms with E-state index in [2.05, 4.69) is 0 Å². The standard InChI is InChI=1S/C21H21F4N3O2/c1-26(2)18-8-7-14(13-17(18)22)19(29)27-9-11-28(12-10-27)20(30)15-5-3-4-6-16(15)21(23,24)25/h3-8,13H,9-12H2,1-2H3. The van der Waals surface area contributed by atoms with Crippen molar-refractivity contribution in [2.24, 2.45) is 0 Å². The summed E-state index contributed by atoms with van der Waals surface area (Å²) in [6.07, 6.45) is -4.63. The molecule has 1 fully saturated rings. The van der Waals surface area contributed by atoms with E-state index in [0.717, 1.165) is 18.2 Å². The number of carbonyl (C=O) groups is 2. The number of nitrogens with zero attached hydrogens (tertiary/aromatic N) is 3. The van der Waals surface area contributed by atoms with E-state index in [0.29, 0.717) is 5.69 Å². The van der Waals surface area contributed by atoms with Crippen LogP contribution in [0.15, 0.2) is 42.5 Å². The predicted molar refractivity (Wildman–Crippen MR) is 104 cm³/mol. The second-order valence-corrected chi connectivity index (χ2v) is 7.19. The highest BCUT2D eigenvalue weighted by molar-refractivity contribution is 5.97. The number of halogens is 4. The highest BCUT2D eigenvalue weighted by Crippen LogP contribution is 2.32. The van der Waals surface area contributed by atoms with Crippen LogP contribution in [-0.4, -0.2) is 61.9 Å². The van der Waals surface area contributed by atoms with Gasteiger partial charge in [-0.1, -0.05) is 12.1 Å². The number of carbonyl (C=O) groups excluding carboxylic acids is 2. The first kappa shape index (κ1) is 21.6. The minimum absolute atomic E-state index is 0.0923. The maximum atomic E-state index is 14.2. The van der Waals surface area contributed by atoms with Crippen molar-refractivity contribution < 1.29 is 27.2 Å². The van der Waals surface area contributed by atoms with E-state index in [9.17, 15) is 27.2 Å². The number of hydrogen-bond donors (Lipinski definition) is 0. The molecule has 1 saturated heterocycles. The normalized spacial score (nSPS) is 14.6. The number of alkyl halides is 3. The van der Waals surface area contributed by atoms with Gasteiger partial charge < -0.3 is 14.7 Å². The van der Waals surface area contributed by atoms with Gasteiger partial charge in [-0.15, -0.1) is 0 Å². The van der Waals surface area contributed by atoms with E-state index in [1.165, 1.54) is 34.1 Å². The number of piperazine rings is 1. The molecule has 0 bridgehead atoms. The van der Waals surface area contributed by atoms with Gasteiger partial charge in [0, 0.05) is 45.8 Å². The topological polar surface area (TPSA) is 43.9 Å². The minimum Gasteiger partial charge on any atom is -0.375 e. The monoisotopic (exact) mass is 423 g/mol. The molecule has 0 saturated carbocycles. The lowest BCUT2D eigenvalue weighted by Gasteiger charge is -2.35. The molecule has 9 heteroatoms. The summed E-state index contributed by atoms with van der Waals surface area (Å²) in [5.74, 6) is -1.64. The van der Waals surface area contributed by atoms with Crippen LogP contribution in [0.25, 0.3) is 0 Å². The van der Waals surface area contributed by atoms with Gasteiger partial charge in [0.2, 0.25) is 0 Å². The average molecular weight is 423 g/mol. The molecule has 0 unspecified atom stereocenters. The van der Waals surface area contributed by atoms with Gasteiger partial charge in [-0.05, 0) is 30.3 Å². The summed E-state index contributed by atoms with van der Waals surface area (Å²) >= 11 is 0. The van der Waals surface area contributed by atoms with Crippen LogP contribution in [0.4, 0.5) is 23.2 Å². The summed E-state index contributed by atoms with van der Waals surface area (Å²) in [6, 6.07) is 8.84. The van der Waals surface area contributed by atoms with Crippen LogP contribution in [0.1, 0.15) is 26.3 Å². The van der Waals surface area contributed by atoms with Crippen molar-refractivity contribution in [3.63, 3.8) is 0 Å². The van der Waals surface area contributed by atoms with Gasteiger partial charge in [0.1, 0.15) is 5.82 Å². The molecule has 3 rings (SSSR count). The van der Waals surface area contributed by atoms with Crippen LogP contribution in [0.5, 0.6) is 0 Å². The summed E-state index contributed by atoms with van der Waals surface area (Å²) in [6.45, 7) is 0.482. The van der Waals surface area contributed by atoms with Crippen molar-refractivity contribution in [3.8, 4) is 0 Å². The molecule has 30 heavy (non-hydrogen) atoms. The van der Waals surface area contributed by atoms with E-state index in [-0.39, 0.29) is 37.6 Å². The molecule has 0 radical (unpaired) electrons. The first-order valence-electron chi connectivity index (χ1n) is 9.31. The molecule has 1 aliphatic heterocycles. The Hall–Kier alpha value is -3.10. The van der Waals surface area contributed by atoms with Crippen LogP contribution in [0.2, 0.25) is 0 Å². The summed E-state index contributed by atoms with van der Waals surface area (Å²) in [7, 11) is 3.38. The Bertz CT molecular complexity index is 952. The van der Waals surface area contributed by atoms with Gasteiger partial charge >= 0.3 is 6.18 Å². The summed E-state index contributed by atoms with van der Waals surface area (Å²) < 4.78 is 53.7. The van der Waals surface area contributed by atoms with Crippen molar-refractivity contribution >= 4 is 17.5 Å². The molecule has 0 spiro atoms. The number of benzene rings is 2. The SMILES string of the molecule is CN(C)c1ccc(C(=O)N2CCN(C(=O)c3ccccc3C(F)(F)F)CC2)cc1F. The maximum absolute atomic E-state index is 14.2. The molecule has 2 aromatic carbocycles. The van der Waals surface area contributed by atoms with Crippen LogP contribution in [0.3, 0.4) is 0 Å². The van der Waals surface area contributed by atoms with Gasteiger partial charge in [0.15, 0.2) is 0 Å². The van der Waals surface area contributed by atoms with Crippen molar-refractivity contribution in [2.45, 2.75) is 6.18 Å². The second kappa shape index (κ2) is 8.33. The zero-order valence-corrected chi connectivity index (χ0v) is 16.5. The van der Waals surface area contributed by atoms with Crippen LogP contribution in [-0.2, 0) is 6.18 Å². The Morgan fingerprint density at radius 3 is 2.00 bits per heavy atom. The molecule has 0 atom stereocenters. The second-order valence-electron chi connectivity index (χ2n) is 7.19. The Morgan fingerprint density at radius 2 is 1.47 bits per heavy atom. The lowest BCUT2D eigenvalue weighted by atomic mass is 10.1. The summed E-state index contributed by atoms with van der Waals surface area (Å²) in [4.78, 5) is 29.6. The third-order valence-corrected chi connectivity index (χ3v) is 4.99. The molecule has 1 heterocycles. The van der Waals surface area contributed by atoms with E-state index in [1.54, 1.807) is 19.0 Å². The van der Waals surface area contributed by atoms with Crippen molar-refractivity contribution in [1.29, 1.82) is 0 Å². The maximum Gasteiger partial charge on any atom is 0.417 e. The lowest BCUT2D eigenvalue weighted by molar-refractivity contribution is -0.138. The largest absolute Gasteiger partial charge is 0.417 e. The highest BCUT2D eigenvalue weighted by Gasteiger charge is 2.36. The van der Waals surface area contributed by atoms with Gasteiger partial charge in [-0.25, -0.2) is 4.39 Å². The Balaban J connectivity index is 1.69. The van der Waals surface area contributed by atoms with Crippen molar-refractivity contribution in [3.05, 3.63) is 65.0 Å². The zero-order chi connectivity index (χ0) is 22.1. The van der Waals surface area contributed by atoms with Crippen molar-refractivity contribution in [2.75, 3.05) is 45.2 Å². The Labute approximate surface area is 171 Å². The average Bonchev–Trinajstić information content (AvgIpc) is 2.72. The van der Waals surface area contributed by atoms with E-state index < -0.39 is 29.0 Å². The number of anilines is 1. The first-order valence-corrected chi connectivity index (χ1v) is 9.31. The van der Waals surface area contributed by atoms with Crippen LogP contribution < -0.4 is 4.90 Å². The van der Waals surface area contributed by atoms with Gasteiger partial charge in [-0.2, -0.15) is 13.2 Å². The van der Waals surface area contributed by atoms with Crippen molar-refractivity contribution in [1.82, 2.24) is 9.80 Å². The zero-order valence-electron chi connectivity index (χ0n) is 16.5. The summed E-state index contributed by atoms with van der Waals surface area (Å²) in [5, 5.41) is 0. The number of amides is 2. The molecule has 0 aliphatic carbocycles. The fourth-order valence-electron chi connectivity index (χ4n) is 3.38. The van der Waals surface area contributed by atoms with Crippen LogP contribution in [0, 0.1) is 5.82 Å². The Kier molecular flexibility index (Phi) is 6.00. The molecule has 1 aliphatic rings. The summed E-state index contributed by atoms with van der Waals surface area (Å²) in [5.41, 5.74) is -0.860.